The Kier molecular flexibility index (Phi) is 4.74. The van der Waals surface area contributed by atoms with Crippen molar-refractivity contribution in [2.45, 2.75) is 20.3 Å². The van der Waals surface area contributed by atoms with E-state index in [9.17, 15) is 9.59 Å². The van der Waals surface area contributed by atoms with Gasteiger partial charge in [0.05, 0.1) is 17.5 Å². The molecule has 0 saturated carbocycles. The molecule has 0 spiro atoms. The molecule has 0 atom stereocenters. The van der Waals surface area contributed by atoms with Crippen LogP contribution in [0, 0.1) is 5.41 Å². The number of hydrogen-bond donors (Lipinski definition) is 1. The second-order valence-corrected chi connectivity index (χ2v) is 8.08. The van der Waals surface area contributed by atoms with E-state index in [0.717, 1.165) is 16.3 Å². The summed E-state index contributed by atoms with van der Waals surface area (Å²) in [6.45, 7) is 4.02. The molecular formula is C24H24N2O3. The van der Waals surface area contributed by atoms with E-state index in [2.05, 4.69) is 5.32 Å². The summed E-state index contributed by atoms with van der Waals surface area (Å²) >= 11 is 0. The molecular weight excluding hydrogens is 364 g/mol. The van der Waals surface area contributed by atoms with Crippen molar-refractivity contribution in [3.05, 3.63) is 66.2 Å². The fourth-order valence-electron chi connectivity index (χ4n) is 3.69. The number of hydrogen-bond acceptors (Lipinski definition) is 3. The average molecular weight is 388 g/mol. The van der Waals surface area contributed by atoms with E-state index in [4.69, 9.17) is 4.74 Å². The summed E-state index contributed by atoms with van der Waals surface area (Å²) in [5.74, 6) is 0.498. The number of nitrogens with one attached hydrogen (secondary N) is 1. The highest BCUT2D eigenvalue weighted by Gasteiger charge is 2.36. The van der Waals surface area contributed by atoms with E-state index in [1.165, 1.54) is 0 Å². The largest absolute Gasteiger partial charge is 0.490 e. The fourth-order valence-corrected chi connectivity index (χ4v) is 3.69. The first-order valence-corrected chi connectivity index (χ1v) is 9.67. The van der Waals surface area contributed by atoms with Crippen LogP contribution in [0.1, 0.15) is 19.4 Å². The van der Waals surface area contributed by atoms with E-state index in [-0.39, 0.29) is 24.8 Å². The van der Waals surface area contributed by atoms with Gasteiger partial charge in [0.15, 0.2) is 0 Å². The van der Waals surface area contributed by atoms with Gasteiger partial charge < -0.3 is 15.0 Å². The van der Waals surface area contributed by atoms with Crippen LogP contribution in [0.25, 0.3) is 10.8 Å². The zero-order valence-electron chi connectivity index (χ0n) is 16.9. The lowest BCUT2D eigenvalue weighted by molar-refractivity contribution is -0.127. The predicted molar refractivity (Wildman–Crippen MR) is 115 cm³/mol. The maximum absolute atomic E-state index is 12.7. The van der Waals surface area contributed by atoms with Crippen LogP contribution >= 0.6 is 0 Å². The minimum Gasteiger partial charge on any atom is -0.490 e. The smallest absolute Gasteiger partial charge is 0.235 e. The van der Waals surface area contributed by atoms with Gasteiger partial charge in [-0.25, -0.2) is 0 Å². The van der Waals surface area contributed by atoms with Gasteiger partial charge in [0.1, 0.15) is 12.4 Å². The summed E-state index contributed by atoms with van der Waals surface area (Å²) in [4.78, 5) is 26.9. The molecule has 5 heteroatoms. The zero-order valence-corrected chi connectivity index (χ0v) is 16.9. The number of amides is 2. The third kappa shape index (κ3) is 3.68. The van der Waals surface area contributed by atoms with Crippen molar-refractivity contribution in [1.82, 2.24) is 0 Å². The van der Waals surface area contributed by atoms with Gasteiger partial charge in [-0.15, -0.1) is 0 Å². The number of ether oxygens (including phenoxy) is 1. The van der Waals surface area contributed by atoms with Crippen LogP contribution in [0.4, 0.5) is 11.4 Å². The van der Waals surface area contributed by atoms with Crippen LogP contribution in [-0.4, -0.2) is 25.5 Å². The quantitative estimate of drug-likeness (QED) is 0.723. The Bertz CT molecular complexity index is 1100. The van der Waals surface area contributed by atoms with E-state index >= 15 is 0 Å². The second-order valence-electron chi connectivity index (χ2n) is 8.08. The first-order valence-electron chi connectivity index (χ1n) is 9.67. The highest BCUT2D eigenvalue weighted by Crippen LogP contribution is 2.37. The van der Waals surface area contributed by atoms with Crippen LogP contribution in [-0.2, 0) is 16.0 Å². The third-order valence-electron chi connectivity index (χ3n) is 5.31. The molecule has 1 N–H and O–H groups in total. The standard InChI is InChI=1S/C24H24N2O3/c1-24(2)15-29-21-14-18(11-12-20(21)26(3)23(24)28)25-22(27)13-17-9-6-8-16-7-4-5-10-19(16)17/h4-12,14H,13,15H2,1-3H3,(H,25,27). The highest BCUT2D eigenvalue weighted by atomic mass is 16.5. The predicted octanol–water partition coefficient (Wildman–Crippen LogP) is 4.40. The number of rotatable bonds is 3. The SMILES string of the molecule is CN1C(=O)C(C)(C)COc2cc(NC(=O)Cc3cccc4ccccc34)ccc21. The van der Waals surface area contributed by atoms with Crippen LogP contribution in [0.15, 0.2) is 60.7 Å². The molecule has 0 saturated heterocycles. The number of fused-ring (bicyclic) bond motifs is 2. The van der Waals surface area contributed by atoms with Gasteiger partial charge in [0.25, 0.3) is 0 Å². The normalized spacial score (nSPS) is 15.4. The Morgan fingerprint density at radius 3 is 2.69 bits per heavy atom. The van der Waals surface area contributed by atoms with E-state index in [1.54, 1.807) is 24.1 Å². The number of nitrogens with zero attached hydrogens (tertiary/aromatic N) is 1. The van der Waals surface area contributed by atoms with Gasteiger partial charge in [-0.1, -0.05) is 42.5 Å². The van der Waals surface area contributed by atoms with Crippen molar-refractivity contribution in [2.24, 2.45) is 5.41 Å². The maximum atomic E-state index is 12.7. The first kappa shape index (κ1) is 19.0. The number of carbonyl (C=O) groups excluding carboxylic acids is 2. The van der Waals surface area contributed by atoms with Gasteiger partial charge in [0, 0.05) is 18.8 Å². The van der Waals surface area contributed by atoms with Gasteiger partial charge >= 0.3 is 0 Å². The van der Waals surface area contributed by atoms with Gasteiger partial charge in [-0.05, 0) is 42.3 Å². The van der Waals surface area contributed by atoms with Crippen molar-refractivity contribution in [1.29, 1.82) is 0 Å². The summed E-state index contributed by atoms with van der Waals surface area (Å²) in [7, 11) is 1.75. The summed E-state index contributed by atoms with van der Waals surface area (Å²) in [5, 5.41) is 5.15. The lowest BCUT2D eigenvalue weighted by Gasteiger charge is -2.24. The zero-order chi connectivity index (χ0) is 20.6. The van der Waals surface area contributed by atoms with Crippen molar-refractivity contribution in [3.63, 3.8) is 0 Å². The van der Waals surface area contributed by atoms with E-state index in [0.29, 0.717) is 17.1 Å². The maximum Gasteiger partial charge on any atom is 0.235 e. The molecule has 4 rings (SSSR count). The number of benzene rings is 3. The molecule has 0 bridgehead atoms. The Morgan fingerprint density at radius 2 is 1.86 bits per heavy atom. The molecule has 1 aliphatic rings. The van der Waals surface area contributed by atoms with Crippen molar-refractivity contribution in [3.8, 4) is 5.75 Å². The van der Waals surface area contributed by atoms with Gasteiger partial charge in [-0.3, -0.25) is 9.59 Å². The van der Waals surface area contributed by atoms with Crippen molar-refractivity contribution < 1.29 is 14.3 Å². The van der Waals surface area contributed by atoms with Crippen LogP contribution in [0.3, 0.4) is 0 Å². The van der Waals surface area contributed by atoms with Crippen LogP contribution in [0.2, 0.25) is 0 Å². The highest BCUT2D eigenvalue weighted by molar-refractivity contribution is 6.00. The Balaban J connectivity index is 1.54. The summed E-state index contributed by atoms with van der Waals surface area (Å²) < 4.78 is 5.89. The molecule has 5 nitrogen and oxygen atoms in total. The molecule has 3 aromatic rings. The molecule has 0 aromatic heterocycles. The van der Waals surface area contributed by atoms with Crippen LogP contribution in [0.5, 0.6) is 5.75 Å². The Hall–Kier alpha value is -3.34. The molecule has 1 heterocycles. The monoisotopic (exact) mass is 388 g/mol. The molecule has 2 amide bonds. The summed E-state index contributed by atoms with van der Waals surface area (Å²) in [6, 6.07) is 19.4. The lowest BCUT2D eigenvalue weighted by atomic mass is 9.93. The molecule has 0 unspecified atom stereocenters. The molecule has 1 aliphatic heterocycles. The van der Waals surface area contributed by atoms with Gasteiger partial charge in [0.2, 0.25) is 11.8 Å². The molecule has 0 aliphatic carbocycles. The Morgan fingerprint density at radius 1 is 1.10 bits per heavy atom. The second kappa shape index (κ2) is 7.24. The minimum atomic E-state index is -0.606. The van der Waals surface area contributed by atoms with Crippen molar-refractivity contribution >= 4 is 34.0 Å². The number of anilines is 2. The van der Waals surface area contributed by atoms with Crippen molar-refractivity contribution in [2.75, 3.05) is 23.9 Å². The summed E-state index contributed by atoms with van der Waals surface area (Å²) in [5.41, 5.74) is 1.73. The first-order chi connectivity index (χ1) is 13.8. The van der Waals surface area contributed by atoms with E-state index < -0.39 is 5.41 Å². The minimum absolute atomic E-state index is 0.00370. The number of carbonyl (C=O) groups is 2. The lowest BCUT2D eigenvalue weighted by Crippen LogP contribution is -2.39. The molecule has 148 valence electrons. The topological polar surface area (TPSA) is 58.6 Å². The molecule has 3 aromatic carbocycles. The van der Waals surface area contributed by atoms with Crippen LogP contribution < -0.4 is 15.0 Å². The molecule has 0 fully saturated rings. The average Bonchev–Trinajstić information content (AvgIpc) is 2.79. The van der Waals surface area contributed by atoms with E-state index in [1.807, 2.05) is 62.4 Å². The Labute approximate surface area is 170 Å². The molecule has 0 radical (unpaired) electrons. The van der Waals surface area contributed by atoms with Gasteiger partial charge in [-0.2, -0.15) is 0 Å². The molecule has 29 heavy (non-hydrogen) atoms. The third-order valence-corrected chi connectivity index (χ3v) is 5.31. The summed E-state index contributed by atoms with van der Waals surface area (Å²) in [6.07, 6.45) is 0.282. The fraction of sp³-hybridized carbons (Fsp3) is 0.250.